The third kappa shape index (κ3) is 3.61. The van der Waals surface area contributed by atoms with Crippen LogP contribution in [-0.4, -0.2) is 17.2 Å². The van der Waals surface area contributed by atoms with Crippen LogP contribution >= 0.6 is 25.0 Å². The molecule has 0 saturated carbocycles. The summed E-state index contributed by atoms with van der Waals surface area (Å²) in [6.45, 7) is 1.54. The summed E-state index contributed by atoms with van der Waals surface area (Å²) < 4.78 is 0. The lowest BCUT2D eigenvalue weighted by Crippen LogP contribution is -2.50. The van der Waals surface area contributed by atoms with Crippen molar-refractivity contribution in [2.75, 3.05) is 5.75 Å². The Morgan fingerprint density at radius 3 is 2.11 bits per heavy atom. The summed E-state index contributed by atoms with van der Waals surface area (Å²) in [4.78, 5) is 10.3. The minimum Gasteiger partial charge on any atom is -0.368 e. The van der Waals surface area contributed by atoms with Gasteiger partial charge in [0.05, 0.1) is 0 Å². The molecule has 0 bridgehead atoms. The van der Waals surface area contributed by atoms with Gasteiger partial charge in [0.25, 0.3) is 0 Å². The van der Waals surface area contributed by atoms with Crippen molar-refractivity contribution in [3.63, 3.8) is 0 Å². The van der Waals surface area contributed by atoms with E-state index in [2.05, 4.69) is 12.6 Å². The molecular formula is C4H11ClN2OS. The first kappa shape index (κ1) is 11.8. The van der Waals surface area contributed by atoms with Crippen LogP contribution in [0.5, 0.6) is 0 Å². The number of hydrogen-bond acceptors (Lipinski definition) is 3. The zero-order valence-electron chi connectivity index (χ0n) is 5.13. The van der Waals surface area contributed by atoms with Gasteiger partial charge in [0.2, 0.25) is 5.91 Å². The molecule has 4 N–H and O–H groups in total. The Balaban J connectivity index is 0. The van der Waals surface area contributed by atoms with E-state index in [-0.39, 0.29) is 18.2 Å². The summed E-state index contributed by atoms with van der Waals surface area (Å²) in [5.74, 6) is -0.241. The van der Waals surface area contributed by atoms with Gasteiger partial charge in [0, 0.05) is 5.75 Å². The molecule has 0 aromatic rings. The van der Waals surface area contributed by atoms with Crippen LogP contribution < -0.4 is 11.5 Å². The number of carbonyl (C=O) groups excluding carboxylic acids is 1. The van der Waals surface area contributed by atoms with Gasteiger partial charge < -0.3 is 11.5 Å². The van der Waals surface area contributed by atoms with Crippen LogP contribution in [0.15, 0.2) is 0 Å². The summed E-state index contributed by atoms with van der Waals surface area (Å²) in [6.07, 6.45) is 0. The average Bonchev–Trinajstić information content (AvgIpc) is 1.67. The predicted molar refractivity (Wildman–Crippen MR) is 42.9 cm³/mol. The molecule has 1 unspecified atom stereocenters. The van der Waals surface area contributed by atoms with E-state index in [9.17, 15) is 4.79 Å². The van der Waals surface area contributed by atoms with Crippen LogP contribution in [0.4, 0.5) is 0 Å². The van der Waals surface area contributed by atoms with Crippen molar-refractivity contribution >= 4 is 30.9 Å². The van der Waals surface area contributed by atoms with Gasteiger partial charge in [0.1, 0.15) is 5.54 Å². The molecular weight excluding hydrogens is 160 g/mol. The lowest BCUT2D eigenvalue weighted by atomic mass is 10.1. The SMILES string of the molecule is CC(N)(CS)C(N)=O.Cl. The van der Waals surface area contributed by atoms with Crippen LogP contribution in [0.2, 0.25) is 0 Å². The molecule has 0 rings (SSSR count). The summed E-state index contributed by atoms with van der Waals surface area (Å²) in [5.41, 5.74) is 9.22. The highest BCUT2D eigenvalue weighted by atomic mass is 35.5. The molecule has 0 heterocycles. The Morgan fingerprint density at radius 2 is 2.11 bits per heavy atom. The van der Waals surface area contributed by atoms with Gasteiger partial charge in [-0.2, -0.15) is 12.6 Å². The van der Waals surface area contributed by atoms with Crippen molar-refractivity contribution in [3.8, 4) is 0 Å². The molecule has 0 aromatic carbocycles. The second-order valence-electron chi connectivity index (χ2n) is 1.94. The zero-order valence-corrected chi connectivity index (χ0v) is 6.84. The molecule has 0 saturated heterocycles. The first-order chi connectivity index (χ1) is 3.50. The minimum atomic E-state index is -0.955. The summed E-state index contributed by atoms with van der Waals surface area (Å²) in [5, 5.41) is 0. The van der Waals surface area contributed by atoms with E-state index in [1.165, 1.54) is 0 Å². The molecule has 5 heteroatoms. The third-order valence-electron chi connectivity index (χ3n) is 0.891. The molecule has 0 aromatic heterocycles. The van der Waals surface area contributed by atoms with Gasteiger partial charge in [-0.3, -0.25) is 4.79 Å². The van der Waals surface area contributed by atoms with Gasteiger partial charge in [-0.25, -0.2) is 0 Å². The van der Waals surface area contributed by atoms with Crippen LogP contribution in [0, 0.1) is 0 Å². The smallest absolute Gasteiger partial charge is 0.238 e. The lowest BCUT2D eigenvalue weighted by molar-refractivity contribution is -0.121. The highest BCUT2D eigenvalue weighted by Crippen LogP contribution is 1.98. The van der Waals surface area contributed by atoms with E-state index in [0.29, 0.717) is 0 Å². The van der Waals surface area contributed by atoms with Crippen molar-refractivity contribution in [1.82, 2.24) is 0 Å². The maximum Gasteiger partial charge on any atom is 0.238 e. The summed E-state index contributed by atoms with van der Waals surface area (Å²) >= 11 is 3.81. The minimum absolute atomic E-state index is 0. The maximum absolute atomic E-state index is 10.3. The number of thiol groups is 1. The third-order valence-corrected chi connectivity index (χ3v) is 1.55. The second kappa shape index (κ2) is 3.98. The van der Waals surface area contributed by atoms with Gasteiger partial charge in [-0.05, 0) is 6.92 Å². The van der Waals surface area contributed by atoms with Crippen molar-refractivity contribution < 1.29 is 4.79 Å². The van der Waals surface area contributed by atoms with Crippen molar-refractivity contribution in [3.05, 3.63) is 0 Å². The maximum atomic E-state index is 10.3. The first-order valence-corrected chi connectivity index (χ1v) is 2.83. The first-order valence-electron chi connectivity index (χ1n) is 2.20. The van der Waals surface area contributed by atoms with Crippen LogP contribution in [0.25, 0.3) is 0 Å². The predicted octanol–water partition coefficient (Wildman–Crippen LogP) is -0.459. The van der Waals surface area contributed by atoms with E-state index >= 15 is 0 Å². The number of rotatable bonds is 2. The molecule has 0 aliphatic heterocycles. The van der Waals surface area contributed by atoms with Crippen LogP contribution in [0.3, 0.4) is 0 Å². The van der Waals surface area contributed by atoms with Crippen molar-refractivity contribution in [1.29, 1.82) is 0 Å². The molecule has 0 aliphatic rings. The van der Waals surface area contributed by atoms with Gasteiger partial charge in [0.15, 0.2) is 0 Å². The highest BCUT2D eigenvalue weighted by Gasteiger charge is 2.22. The van der Waals surface area contributed by atoms with E-state index in [1.807, 2.05) is 0 Å². The molecule has 0 radical (unpaired) electrons. The Hall–Kier alpha value is 0.0700. The van der Waals surface area contributed by atoms with E-state index < -0.39 is 11.4 Å². The van der Waals surface area contributed by atoms with Gasteiger partial charge in [-0.15, -0.1) is 12.4 Å². The Kier molecular flexibility index (Phi) is 5.22. The molecule has 1 amide bonds. The Morgan fingerprint density at radius 1 is 1.78 bits per heavy atom. The lowest BCUT2D eigenvalue weighted by Gasteiger charge is -2.15. The number of amides is 1. The normalized spacial score (nSPS) is 15.4. The molecule has 1 atom stereocenters. The quantitative estimate of drug-likeness (QED) is 0.491. The number of primary amides is 1. The number of nitrogens with two attached hydrogens (primary N) is 2. The Bertz CT molecular complexity index is 107. The Labute approximate surface area is 66.0 Å². The molecule has 0 fully saturated rings. The standard InChI is InChI=1S/C4H10N2OS.ClH/c1-4(6,2-8)3(5)7;/h8H,2,6H2,1H3,(H2,5,7);1H. The average molecular weight is 171 g/mol. The number of hydrogen-bond donors (Lipinski definition) is 3. The van der Waals surface area contributed by atoms with E-state index in [1.54, 1.807) is 6.92 Å². The summed E-state index contributed by atoms with van der Waals surface area (Å²) in [6, 6.07) is 0. The van der Waals surface area contributed by atoms with Gasteiger partial charge >= 0.3 is 0 Å². The number of carbonyl (C=O) groups is 1. The highest BCUT2D eigenvalue weighted by molar-refractivity contribution is 7.80. The molecule has 56 valence electrons. The second-order valence-corrected chi connectivity index (χ2v) is 2.26. The molecule has 0 aliphatic carbocycles. The zero-order chi connectivity index (χ0) is 6.78. The number of halogens is 1. The van der Waals surface area contributed by atoms with Crippen LogP contribution in [-0.2, 0) is 4.79 Å². The van der Waals surface area contributed by atoms with E-state index in [4.69, 9.17) is 11.5 Å². The topological polar surface area (TPSA) is 69.1 Å². The largest absolute Gasteiger partial charge is 0.368 e. The van der Waals surface area contributed by atoms with E-state index in [0.717, 1.165) is 0 Å². The fourth-order valence-corrected chi connectivity index (χ4v) is 0.234. The molecule has 0 spiro atoms. The van der Waals surface area contributed by atoms with Crippen LogP contribution in [0.1, 0.15) is 6.92 Å². The molecule has 3 nitrogen and oxygen atoms in total. The van der Waals surface area contributed by atoms with Crippen molar-refractivity contribution in [2.45, 2.75) is 12.5 Å². The van der Waals surface area contributed by atoms with Gasteiger partial charge in [-0.1, -0.05) is 0 Å². The van der Waals surface area contributed by atoms with Crippen molar-refractivity contribution in [2.24, 2.45) is 11.5 Å². The molecule has 9 heavy (non-hydrogen) atoms. The fourth-order valence-electron chi connectivity index (χ4n) is 0.0779. The monoisotopic (exact) mass is 170 g/mol. The fraction of sp³-hybridized carbons (Fsp3) is 0.750. The summed E-state index contributed by atoms with van der Waals surface area (Å²) in [7, 11) is 0.